The van der Waals surface area contributed by atoms with Gasteiger partial charge in [0.05, 0.1) is 11.0 Å². The van der Waals surface area contributed by atoms with E-state index in [1.165, 1.54) is 58.4 Å². The van der Waals surface area contributed by atoms with Crippen molar-refractivity contribution < 1.29 is 4.42 Å². The molecule has 0 aliphatic rings. The number of aromatic nitrogens is 1. The van der Waals surface area contributed by atoms with E-state index in [0.29, 0.717) is 0 Å². The average molecular weight is 733 g/mol. The first-order chi connectivity index (χ1) is 27.7. The van der Waals surface area contributed by atoms with E-state index >= 15 is 0 Å². The number of benzene rings is 9. The average Bonchev–Trinajstić information content (AvgIpc) is 3.92. The Bertz CT molecular complexity index is 3480. The third kappa shape index (κ3) is 4.83. The molecule has 0 bridgehead atoms. The summed E-state index contributed by atoms with van der Waals surface area (Å²) in [6.45, 7) is 0. The molecule has 0 amide bonds. The molecule has 4 heteroatoms. The summed E-state index contributed by atoms with van der Waals surface area (Å²) in [5, 5.41) is 9.87. The highest BCUT2D eigenvalue weighted by molar-refractivity contribution is 7.25. The molecule has 0 fully saturated rings. The van der Waals surface area contributed by atoms with Gasteiger partial charge in [0.1, 0.15) is 11.2 Å². The van der Waals surface area contributed by atoms with E-state index < -0.39 is 0 Å². The van der Waals surface area contributed by atoms with Gasteiger partial charge in [-0.1, -0.05) is 97.1 Å². The Morgan fingerprint density at radius 1 is 0.375 bits per heavy atom. The van der Waals surface area contributed by atoms with Gasteiger partial charge in [-0.25, -0.2) is 0 Å². The number of hydrogen-bond acceptors (Lipinski definition) is 3. The lowest BCUT2D eigenvalue weighted by Gasteiger charge is -2.26. The van der Waals surface area contributed by atoms with Crippen molar-refractivity contribution in [3.8, 4) is 16.8 Å². The van der Waals surface area contributed by atoms with Crippen LogP contribution in [0.1, 0.15) is 0 Å². The van der Waals surface area contributed by atoms with Crippen LogP contribution in [0.3, 0.4) is 0 Å². The molecular formula is C52H32N2OS. The standard InChI is InChI=1S/C52H32N2OS/c1-3-13-37(14-4-1)53(39-22-25-50-44(31-39)42-17-9-10-18-49(42)55-50)40-21-23-41-43-27-35(19-24-47(43)54(48(41)32-40)38-15-5-2-6-16-38)36-20-26-51-45(29-36)46-28-33-11-7-8-12-34(33)30-52(46)56-51/h1-32H. The predicted molar refractivity (Wildman–Crippen MR) is 239 cm³/mol. The second-order valence-electron chi connectivity index (χ2n) is 14.6. The summed E-state index contributed by atoms with van der Waals surface area (Å²) < 4.78 is 11.3. The van der Waals surface area contributed by atoms with Crippen molar-refractivity contribution in [1.82, 2.24) is 4.57 Å². The Labute approximate surface area is 326 Å². The third-order valence-corrected chi connectivity index (χ3v) is 12.5. The lowest BCUT2D eigenvalue weighted by molar-refractivity contribution is 0.669. The van der Waals surface area contributed by atoms with Crippen LogP contribution >= 0.6 is 11.3 Å². The molecule has 0 saturated carbocycles. The first-order valence-electron chi connectivity index (χ1n) is 19.0. The summed E-state index contributed by atoms with van der Waals surface area (Å²) in [5.74, 6) is 0. The molecule has 9 aromatic carbocycles. The molecule has 262 valence electrons. The predicted octanol–water partition coefficient (Wildman–Crippen LogP) is 15.3. The molecule has 0 atom stereocenters. The maximum absolute atomic E-state index is 6.23. The Kier molecular flexibility index (Phi) is 6.80. The summed E-state index contributed by atoms with van der Waals surface area (Å²) in [6.07, 6.45) is 0. The zero-order chi connectivity index (χ0) is 36.7. The summed E-state index contributed by atoms with van der Waals surface area (Å²) >= 11 is 1.88. The van der Waals surface area contributed by atoms with Gasteiger partial charge in [-0.15, -0.1) is 11.3 Å². The SMILES string of the molecule is c1ccc(N(c2ccc3oc4ccccc4c3c2)c2ccc3c4cc(-c5ccc6sc7cc8ccccc8cc7c6c5)ccc4n(-c4ccccc4)c3c2)cc1. The Balaban J connectivity index is 1.05. The van der Waals surface area contributed by atoms with Gasteiger partial charge in [-0.05, 0) is 119 Å². The first-order valence-corrected chi connectivity index (χ1v) is 19.8. The molecule has 3 aromatic heterocycles. The van der Waals surface area contributed by atoms with Crippen LogP contribution in [0.25, 0.3) is 91.5 Å². The summed E-state index contributed by atoms with van der Waals surface area (Å²) in [6, 6.07) is 70.4. The highest BCUT2D eigenvalue weighted by Gasteiger charge is 2.20. The van der Waals surface area contributed by atoms with E-state index in [2.05, 4.69) is 191 Å². The van der Waals surface area contributed by atoms with Crippen LogP contribution in [0.2, 0.25) is 0 Å². The minimum Gasteiger partial charge on any atom is -0.456 e. The van der Waals surface area contributed by atoms with Crippen molar-refractivity contribution >= 4 is 103 Å². The zero-order valence-electron chi connectivity index (χ0n) is 30.2. The van der Waals surface area contributed by atoms with Crippen LogP contribution in [0.4, 0.5) is 17.1 Å². The summed E-state index contributed by atoms with van der Waals surface area (Å²) in [7, 11) is 0. The largest absolute Gasteiger partial charge is 0.456 e. The molecular weight excluding hydrogens is 701 g/mol. The number of furan rings is 1. The van der Waals surface area contributed by atoms with E-state index in [0.717, 1.165) is 50.2 Å². The Morgan fingerprint density at radius 3 is 1.89 bits per heavy atom. The van der Waals surface area contributed by atoms with Crippen LogP contribution in [0, 0.1) is 0 Å². The Hall–Kier alpha value is -7.14. The second-order valence-corrected chi connectivity index (χ2v) is 15.6. The normalized spacial score (nSPS) is 11.9. The van der Waals surface area contributed by atoms with Gasteiger partial charge in [0.2, 0.25) is 0 Å². The van der Waals surface area contributed by atoms with Gasteiger partial charge in [0, 0.05) is 64.5 Å². The van der Waals surface area contributed by atoms with Crippen molar-refractivity contribution in [3.63, 3.8) is 0 Å². The van der Waals surface area contributed by atoms with E-state index in [1.807, 2.05) is 23.5 Å². The monoisotopic (exact) mass is 732 g/mol. The van der Waals surface area contributed by atoms with Crippen molar-refractivity contribution in [3.05, 3.63) is 194 Å². The van der Waals surface area contributed by atoms with Gasteiger partial charge in [-0.2, -0.15) is 0 Å². The first kappa shape index (κ1) is 31.2. The number of anilines is 3. The molecule has 56 heavy (non-hydrogen) atoms. The Morgan fingerprint density at radius 2 is 1.04 bits per heavy atom. The molecule has 12 rings (SSSR count). The fraction of sp³-hybridized carbons (Fsp3) is 0. The fourth-order valence-electron chi connectivity index (χ4n) is 8.70. The lowest BCUT2D eigenvalue weighted by atomic mass is 10.00. The van der Waals surface area contributed by atoms with Crippen LogP contribution in [-0.2, 0) is 0 Å². The van der Waals surface area contributed by atoms with Gasteiger partial charge >= 0.3 is 0 Å². The summed E-state index contributed by atoms with van der Waals surface area (Å²) in [4.78, 5) is 2.35. The van der Waals surface area contributed by atoms with Crippen LogP contribution in [0.15, 0.2) is 199 Å². The van der Waals surface area contributed by atoms with Crippen LogP contribution in [-0.4, -0.2) is 4.57 Å². The number of hydrogen-bond donors (Lipinski definition) is 0. The molecule has 0 aliphatic heterocycles. The van der Waals surface area contributed by atoms with E-state index in [4.69, 9.17) is 4.42 Å². The molecule has 0 saturated heterocycles. The van der Waals surface area contributed by atoms with Gasteiger partial charge in [0.25, 0.3) is 0 Å². The second kappa shape index (κ2) is 12.2. The highest BCUT2D eigenvalue weighted by Crippen LogP contribution is 2.43. The summed E-state index contributed by atoms with van der Waals surface area (Å²) in [5.41, 5.74) is 10.9. The maximum atomic E-state index is 6.23. The molecule has 0 radical (unpaired) electrons. The molecule has 0 unspecified atom stereocenters. The maximum Gasteiger partial charge on any atom is 0.135 e. The van der Waals surface area contributed by atoms with Crippen molar-refractivity contribution in [2.45, 2.75) is 0 Å². The van der Waals surface area contributed by atoms with E-state index in [1.54, 1.807) is 0 Å². The topological polar surface area (TPSA) is 21.3 Å². The number of fused-ring (bicyclic) bond motifs is 10. The van der Waals surface area contributed by atoms with Crippen molar-refractivity contribution in [2.75, 3.05) is 4.90 Å². The van der Waals surface area contributed by atoms with Crippen molar-refractivity contribution in [2.24, 2.45) is 0 Å². The van der Waals surface area contributed by atoms with Gasteiger partial charge in [0.15, 0.2) is 0 Å². The quantitative estimate of drug-likeness (QED) is 0.176. The smallest absolute Gasteiger partial charge is 0.135 e. The van der Waals surface area contributed by atoms with Crippen LogP contribution < -0.4 is 4.90 Å². The van der Waals surface area contributed by atoms with E-state index in [-0.39, 0.29) is 0 Å². The fourth-order valence-corrected chi connectivity index (χ4v) is 9.82. The molecule has 3 heterocycles. The van der Waals surface area contributed by atoms with Gasteiger partial charge in [-0.3, -0.25) is 0 Å². The van der Waals surface area contributed by atoms with E-state index in [9.17, 15) is 0 Å². The number of para-hydroxylation sites is 3. The number of rotatable bonds is 5. The molecule has 0 aliphatic carbocycles. The third-order valence-electron chi connectivity index (χ3n) is 11.3. The minimum absolute atomic E-state index is 0.887. The molecule has 0 spiro atoms. The van der Waals surface area contributed by atoms with Crippen molar-refractivity contribution in [1.29, 1.82) is 0 Å². The molecule has 0 N–H and O–H groups in total. The van der Waals surface area contributed by atoms with Crippen LogP contribution in [0.5, 0.6) is 0 Å². The lowest BCUT2D eigenvalue weighted by Crippen LogP contribution is -2.09. The minimum atomic E-state index is 0.887. The zero-order valence-corrected chi connectivity index (χ0v) is 31.0. The highest BCUT2D eigenvalue weighted by atomic mass is 32.1. The number of thiophene rings is 1. The molecule has 12 aromatic rings. The number of nitrogens with zero attached hydrogens (tertiary/aromatic N) is 2. The van der Waals surface area contributed by atoms with Gasteiger partial charge < -0.3 is 13.9 Å². The molecule has 3 nitrogen and oxygen atoms in total.